The molecule has 1 aromatic rings. The smallest absolute Gasteiger partial charge is 0.310 e. The van der Waals surface area contributed by atoms with Gasteiger partial charge in [0.05, 0.1) is 25.4 Å². The SMILES string of the molecule is COC(=O)Cc1cnc(NC(=O)[C@@H]2[C@@H]3CC[C@H](C3)[C@H]2C(=O)O)s1. The molecule has 2 aliphatic carbocycles. The third-order valence-corrected chi connectivity index (χ3v) is 5.75. The zero-order valence-corrected chi connectivity index (χ0v) is 13.5. The lowest BCUT2D eigenvalue weighted by molar-refractivity contribution is -0.148. The van der Waals surface area contributed by atoms with Crippen LogP contribution in [0.1, 0.15) is 24.1 Å². The number of hydrogen-bond donors (Lipinski definition) is 2. The van der Waals surface area contributed by atoms with E-state index in [-0.39, 0.29) is 30.1 Å². The first kappa shape index (κ1) is 15.9. The Bertz CT molecular complexity index is 644. The first-order valence-corrected chi connectivity index (χ1v) is 8.36. The van der Waals surface area contributed by atoms with E-state index >= 15 is 0 Å². The third-order valence-electron chi connectivity index (χ3n) is 4.83. The molecular formula is C15H18N2O5S. The van der Waals surface area contributed by atoms with Gasteiger partial charge in [0.2, 0.25) is 5.91 Å². The van der Waals surface area contributed by atoms with E-state index in [2.05, 4.69) is 15.0 Å². The lowest BCUT2D eigenvalue weighted by Crippen LogP contribution is -2.37. The van der Waals surface area contributed by atoms with Crippen LogP contribution in [0.2, 0.25) is 0 Å². The highest BCUT2D eigenvalue weighted by molar-refractivity contribution is 7.15. The van der Waals surface area contributed by atoms with Crippen LogP contribution in [0.15, 0.2) is 6.20 Å². The van der Waals surface area contributed by atoms with Gasteiger partial charge in [-0.25, -0.2) is 4.98 Å². The van der Waals surface area contributed by atoms with E-state index in [0.29, 0.717) is 10.0 Å². The average Bonchev–Trinajstić information content (AvgIpc) is 3.22. The van der Waals surface area contributed by atoms with Crippen molar-refractivity contribution in [2.45, 2.75) is 25.7 Å². The molecule has 8 heteroatoms. The topological polar surface area (TPSA) is 106 Å². The van der Waals surface area contributed by atoms with Gasteiger partial charge < -0.3 is 15.2 Å². The van der Waals surface area contributed by atoms with Crippen LogP contribution in [0.3, 0.4) is 0 Å². The minimum absolute atomic E-state index is 0.107. The maximum Gasteiger partial charge on any atom is 0.310 e. The number of nitrogens with zero attached hydrogens (tertiary/aromatic N) is 1. The molecule has 0 aliphatic heterocycles. The molecule has 3 rings (SSSR count). The van der Waals surface area contributed by atoms with Crippen molar-refractivity contribution in [2.24, 2.45) is 23.7 Å². The zero-order valence-electron chi connectivity index (χ0n) is 12.7. The number of hydrogen-bond acceptors (Lipinski definition) is 6. The second-order valence-electron chi connectivity index (χ2n) is 6.10. The number of anilines is 1. The summed E-state index contributed by atoms with van der Waals surface area (Å²) < 4.78 is 4.59. The average molecular weight is 338 g/mol. The molecular weight excluding hydrogens is 320 g/mol. The van der Waals surface area contributed by atoms with Crippen LogP contribution >= 0.6 is 11.3 Å². The lowest BCUT2D eigenvalue weighted by atomic mass is 9.79. The summed E-state index contributed by atoms with van der Waals surface area (Å²) in [4.78, 5) is 40.0. The van der Waals surface area contributed by atoms with Crippen molar-refractivity contribution in [1.82, 2.24) is 4.98 Å². The molecule has 1 aromatic heterocycles. The number of nitrogens with one attached hydrogen (secondary N) is 1. The number of aromatic nitrogens is 1. The van der Waals surface area contributed by atoms with Gasteiger partial charge in [-0.05, 0) is 31.1 Å². The van der Waals surface area contributed by atoms with Crippen molar-refractivity contribution < 1.29 is 24.2 Å². The van der Waals surface area contributed by atoms with Gasteiger partial charge in [0.25, 0.3) is 0 Å². The standard InChI is InChI=1S/C15H18N2O5S/c1-22-10(18)5-9-6-16-15(23-9)17-13(19)11-7-2-3-8(4-7)12(11)14(20)21/h6-8,11-12H,2-5H2,1H3,(H,20,21)(H,16,17,19)/t7-,8-,11-,12-/m1/s1. The summed E-state index contributed by atoms with van der Waals surface area (Å²) in [5, 5.41) is 12.5. The van der Waals surface area contributed by atoms with Gasteiger partial charge in [-0.3, -0.25) is 14.4 Å². The molecule has 0 radical (unpaired) electrons. The Morgan fingerprint density at radius 2 is 2.04 bits per heavy atom. The number of aliphatic carboxylic acids is 1. The van der Waals surface area contributed by atoms with Crippen molar-refractivity contribution in [3.05, 3.63) is 11.1 Å². The molecule has 0 unspecified atom stereocenters. The summed E-state index contributed by atoms with van der Waals surface area (Å²) in [5.74, 6) is -2.35. The number of thiazole rings is 1. The maximum absolute atomic E-state index is 12.5. The summed E-state index contributed by atoms with van der Waals surface area (Å²) in [6.45, 7) is 0. The molecule has 2 aliphatic rings. The quantitative estimate of drug-likeness (QED) is 0.789. The molecule has 0 spiro atoms. The molecule has 2 N–H and O–H groups in total. The maximum atomic E-state index is 12.5. The number of rotatable bonds is 5. The van der Waals surface area contributed by atoms with Crippen molar-refractivity contribution >= 4 is 34.3 Å². The number of ether oxygens (including phenoxy) is 1. The van der Waals surface area contributed by atoms with Gasteiger partial charge in [0, 0.05) is 11.1 Å². The Hall–Kier alpha value is -1.96. The Labute approximate surface area is 137 Å². The highest BCUT2D eigenvalue weighted by Crippen LogP contribution is 2.52. The second-order valence-corrected chi connectivity index (χ2v) is 7.21. The number of esters is 1. The van der Waals surface area contributed by atoms with Crippen LogP contribution in [-0.4, -0.2) is 35.0 Å². The predicted octanol–water partition coefficient (Wildman–Crippen LogP) is 1.54. The minimum atomic E-state index is -0.886. The van der Waals surface area contributed by atoms with E-state index in [1.54, 1.807) is 0 Å². The van der Waals surface area contributed by atoms with Crippen LogP contribution in [0.25, 0.3) is 0 Å². The van der Waals surface area contributed by atoms with Gasteiger partial charge in [-0.1, -0.05) is 0 Å². The number of fused-ring (bicyclic) bond motifs is 2. The molecule has 2 saturated carbocycles. The fourth-order valence-electron chi connectivity index (χ4n) is 3.87. The number of carbonyl (C=O) groups excluding carboxylic acids is 2. The molecule has 1 amide bonds. The lowest BCUT2D eigenvalue weighted by Gasteiger charge is -2.26. The zero-order chi connectivity index (χ0) is 16.6. The summed E-state index contributed by atoms with van der Waals surface area (Å²) in [5.41, 5.74) is 0. The van der Waals surface area contributed by atoms with Crippen LogP contribution in [0, 0.1) is 23.7 Å². The van der Waals surface area contributed by atoms with Gasteiger partial charge in [-0.15, -0.1) is 11.3 Å². The number of amides is 1. The number of methoxy groups -OCH3 is 1. The third kappa shape index (κ3) is 3.08. The van der Waals surface area contributed by atoms with Gasteiger partial charge >= 0.3 is 11.9 Å². The Balaban J connectivity index is 1.67. The normalized spacial score (nSPS) is 28.6. The fourth-order valence-corrected chi connectivity index (χ4v) is 4.67. The highest BCUT2D eigenvalue weighted by Gasteiger charge is 2.54. The molecule has 2 bridgehead atoms. The van der Waals surface area contributed by atoms with Crippen LogP contribution < -0.4 is 5.32 Å². The molecule has 23 heavy (non-hydrogen) atoms. The number of carboxylic acid groups (broad SMARTS) is 1. The van der Waals surface area contributed by atoms with Gasteiger partial charge in [0.15, 0.2) is 5.13 Å². The Kier molecular flexibility index (Phi) is 4.34. The largest absolute Gasteiger partial charge is 0.481 e. The second kappa shape index (κ2) is 6.27. The molecule has 2 fully saturated rings. The summed E-state index contributed by atoms with van der Waals surface area (Å²) in [6.07, 6.45) is 4.26. The molecule has 7 nitrogen and oxygen atoms in total. The minimum Gasteiger partial charge on any atom is -0.481 e. The highest BCUT2D eigenvalue weighted by atomic mass is 32.1. The van der Waals surface area contributed by atoms with E-state index in [0.717, 1.165) is 19.3 Å². The van der Waals surface area contributed by atoms with E-state index in [1.807, 2.05) is 0 Å². The van der Waals surface area contributed by atoms with Crippen molar-refractivity contribution in [1.29, 1.82) is 0 Å². The first-order valence-electron chi connectivity index (χ1n) is 7.54. The van der Waals surface area contributed by atoms with Gasteiger partial charge in [0.1, 0.15) is 0 Å². The van der Waals surface area contributed by atoms with E-state index in [9.17, 15) is 19.5 Å². The van der Waals surface area contributed by atoms with Crippen LogP contribution in [-0.2, 0) is 25.5 Å². The first-order chi connectivity index (χ1) is 11.0. The Morgan fingerprint density at radius 3 is 2.70 bits per heavy atom. The van der Waals surface area contributed by atoms with E-state index < -0.39 is 17.8 Å². The van der Waals surface area contributed by atoms with E-state index in [4.69, 9.17) is 0 Å². The molecule has 4 atom stereocenters. The monoisotopic (exact) mass is 338 g/mol. The predicted molar refractivity (Wildman–Crippen MR) is 81.9 cm³/mol. The van der Waals surface area contributed by atoms with Gasteiger partial charge in [-0.2, -0.15) is 0 Å². The molecule has 0 saturated heterocycles. The molecule has 124 valence electrons. The summed E-state index contributed by atoms with van der Waals surface area (Å²) in [6, 6.07) is 0. The van der Waals surface area contributed by atoms with Crippen molar-refractivity contribution in [3.63, 3.8) is 0 Å². The van der Waals surface area contributed by atoms with E-state index in [1.165, 1.54) is 24.6 Å². The summed E-state index contributed by atoms with van der Waals surface area (Å²) >= 11 is 1.20. The fraction of sp³-hybridized carbons (Fsp3) is 0.600. The molecule has 1 heterocycles. The summed E-state index contributed by atoms with van der Waals surface area (Å²) in [7, 11) is 1.31. The number of carbonyl (C=O) groups is 3. The van der Waals surface area contributed by atoms with Crippen molar-refractivity contribution in [2.75, 3.05) is 12.4 Å². The van der Waals surface area contributed by atoms with Crippen LogP contribution in [0.5, 0.6) is 0 Å². The molecule has 0 aromatic carbocycles. The van der Waals surface area contributed by atoms with Crippen LogP contribution in [0.4, 0.5) is 5.13 Å². The van der Waals surface area contributed by atoms with Crippen molar-refractivity contribution in [3.8, 4) is 0 Å². The number of carboxylic acids is 1. The Morgan fingerprint density at radius 1 is 1.35 bits per heavy atom.